The van der Waals surface area contributed by atoms with Crippen molar-refractivity contribution in [1.29, 1.82) is 0 Å². The van der Waals surface area contributed by atoms with Gasteiger partial charge in [0.1, 0.15) is 35.2 Å². The second kappa shape index (κ2) is 8.27. The molecule has 0 amide bonds. The third-order valence-electron chi connectivity index (χ3n) is 4.28. The third kappa shape index (κ3) is 4.27. The Labute approximate surface area is 176 Å². The predicted molar refractivity (Wildman–Crippen MR) is 110 cm³/mol. The van der Waals surface area contributed by atoms with Crippen LogP contribution in [0.1, 0.15) is 27.3 Å². The van der Waals surface area contributed by atoms with Crippen molar-refractivity contribution in [3.05, 3.63) is 100 Å². The van der Waals surface area contributed by atoms with Gasteiger partial charge in [0.25, 0.3) is 0 Å². The highest BCUT2D eigenvalue weighted by molar-refractivity contribution is 6.30. The van der Waals surface area contributed by atoms with Crippen LogP contribution in [0.5, 0.6) is 5.75 Å². The fourth-order valence-electron chi connectivity index (χ4n) is 2.84. The normalized spacial score (nSPS) is 10.5. The maximum atomic E-state index is 13.1. The molecule has 0 saturated heterocycles. The van der Waals surface area contributed by atoms with E-state index in [1.807, 2.05) is 0 Å². The number of rotatable bonds is 4. The molecule has 0 atom stereocenters. The number of halogens is 2. The number of carboxylic acid groups (broad SMARTS) is 1. The zero-order chi connectivity index (χ0) is 21.1. The van der Waals surface area contributed by atoms with Gasteiger partial charge in [-0.1, -0.05) is 23.6 Å². The van der Waals surface area contributed by atoms with Crippen molar-refractivity contribution in [3.63, 3.8) is 0 Å². The molecular formula is C23H14ClFN2O3. The Morgan fingerprint density at radius 1 is 1.13 bits per heavy atom. The molecule has 1 N–H and O–H groups in total. The van der Waals surface area contributed by atoms with Crippen molar-refractivity contribution in [1.82, 2.24) is 9.38 Å². The van der Waals surface area contributed by atoms with Crippen molar-refractivity contribution < 1.29 is 19.0 Å². The van der Waals surface area contributed by atoms with E-state index < -0.39 is 5.97 Å². The minimum atomic E-state index is -1.03. The summed E-state index contributed by atoms with van der Waals surface area (Å²) in [5.41, 5.74) is 2.56. The lowest BCUT2D eigenvalue weighted by Crippen LogP contribution is -2.01. The van der Waals surface area contributed by atoms with Crippen molar-refractivity contribution in [3.8, 4) is 17.6 Å². The first-order chi connectivity index (χ1) is 14.5. The monoisotopic (exact) mass is 420 g/mol. The van der Waals surface area contributed by atoms with Crippen molar-refractivity contribution in [2.45, 2.75) is 6.61 Å². The van der Waals surface area contributed by atoms with Crippen molar-refractivity contribution >= 4 is 23.2 Å². The van der Waals surface area contributed by atoms with Crippen LogP contribution in [-0.4, -0.2) is 20.5 Å². The number of aromatic nitrogens is 2. The summed E-state index contributed by atoms with van der Waals surface area (Å²) >= 11 is 6.13. The lowest BCUT2D eigenvalue weighted by molar-refractivity contribution is 0.0696. The number of carboxylic acids is 1. The van der Waals surface area contributed by atoms with Crippen molar-refractivity contribution in [2.24, 2.45) is 0 Å². The van der Waals surface area contributed by atoms with Gasteiger partial charge in [-0.2, -0.15) is 0 Å². The van der Waals surface area contributed by atoms with E-state index in [0.29, 0.717) is 33.4 Å². The van der Waals surface area contributed by atoms with Gasteiger partial charge in [0, 0.05) is 11.8 Å². The number of fused-ring (bicyclic) bond motifs is 1. The Hall–Kier alpha value is -3.82. The number of carbonyl (C=O) groups is 1. The maximum Gasteiger partial charge on any atom is 0.335 e. The molecule has 2 aromatic heterocycles. The fraction of sp³-hybridized carbons (Fsp3) is 0.0435. The first kappa shape index (κ1) is 19.5. The van der Waals surface area contributed by atoms with E-state index in [-0.39, 0.29) is 18.0 Å². The summed E-state index contributed by atoms with van der Waals surface area (Å²) in [7, 11) is 0. The van der Waals surface area contributed by atoms with E-state index in [0.717, 1.165) is 0 Å². The van der Waals surface area contributed by atoms with E-state index in [1.165, 1.54) is 24.3 Å². The number of imidazole rings is 1. The van der Waals surface area contributed by atoms with Crippen molar-refractivity contribution in [2.75, 3.05) is 0 Å². The second-order valence-corrected chi connectivity index (χ2v) is 6.80. The molecule has 5 nitrogen and oxygen atoms in total. The molecule has 0 aliphatic carbocycles. The molecule has 0 spiro atoms. The van der Waals surface area contributed by atoms with Gasteiger partial charge in [-0.15, -0.1) is 0 Å². The Morgan fingerprint density at radius 3 is 2.70 bits per heavy atom. The molecule has 148 valence electrons. The predicted octanol–water partition coefficient (Wildman–Crippen LogP) is 4.80. The molecule has 0 aliphatic rings. The quantitative estimate of drug-likeness (QED) is 0.481. The van der Waals surface area contributed by atoms with Crippen LogP contribution in [0.4, 0.5) is 4.39 Å². The third-order valence-corrected chi connectivity index (χ3v) is 4.50. The Balaban J connectivity index is 1.69. The van der Waals surface area contributed by atoms with E-state index in [9.17, 15) is 9.18 Å². The smallest absolute Gasteiger partial charge is 0.335 e. The zero-order valence-corrected chi connectivity index (χ0v) is 16.2. The zero-order valence-electron chi connectivity index (χ0n) is 15.5. The topological polar surface area (TPSA) is 63.8 Å². The SMILES string of the molecule is O=C(O)c1cccc(OCc2nc3ccc(Cl)cn3c2C#Cc2ccc(F)cc2)c1. The number of hydrogen-bond acceptors (Lipinski definition) is 3. The van der Waals surface area contributed by atoms with Crippen LogP contribution >= 0.6 is 11.6 Å². The highest BCUT2D eigenvalue weighted by Gasteiger charge is 2.12. The molecular weight excluding hydrogens is 407 g/mol. The highest BCUT2D eigenvalue weighted by Crippen LogP contribution is 2.20. The summed E-state index contributed by atoms with van der Waals surface area (Å²) in [5, 5.41) is 9.65. The van der Waals surface area contributed by atoms with Crippen LogP contribution in [0, 0.1) is 17.7 Å². The van der Waals surface area contributed by atoms with Crippen LogP contribution in [0.2, 0.25) is 5.02 Å². The van der Waals surface area contributed by atoms with Gasteiger partial charge in [0.15, 0.2) is 0 Å². The summed E-state index contributed by atoms with van der Waals surface area (Å²) in [5.74, 6) is 5.09. The number of hydrogen-bond donors (Lipinski definition) is 1. The lowest BCUT2D eigenvalue weighted by atomic mass is 10.2. The fourth-order valence-corrected chi connectivity index (χ4v) is 3.00. The highest BCUT2D eigenvalue weighted by atomic mass is 35.5. The van der Waals surface area contributed by atoms with Crippen LogP contribution < -0.4 is 4.74 Å². The number of ether oxygens (including phenoxy) is 1. The van der Waals surface area contributed by atoms with E-state index in [2.05, 4.69) is 16.8 Å². The van der Waals surface area contributed by atoms with Gasteiger partial charge in [-0.3, -0.25) is 4.40 Å². The molecule has 0 fully saturated rings. The average molecular weight is 421 g/mol. The summed E-state index contributed by atoms with van der Waals surface area (Å²) in [6.45, 7) is 0.0792. The molecule has 2 heterocycles. The van der Waals surface area contributed by atoms with Crippen LogP contribution in [0.25, 0.3) is 5.65 Å². The Morgan fingerprint density at radius 2 is 1.93 bits per heavy atom. The van der Waals surface area contributed by atoms with Gasteiger partial charge in [-0.05, 0) is 60.5 Å². The molecule has 0 radical (unpaired) electrons. The molecule has 7 heteroatoms. The van der Waals surface area contributed by atoms with Crippen LogP contribution in [0.15, 0.2) is 66.9 Å². The Bertz CT molecular complexity index is 1300. The number of aromatic carboxylic acids is 1. The molecule has 4 aromatic rings. The summed E-state index contributed by atoms with van der Waals surface area (Å²) in [6, 6.07) is 15.6. The van der Waals surface area contributed by atoms with Gasteiger partial charge in [0.2, 0.25) is 0 Å². The molecule has 0 unspecified atom stereocenters. The van der Waals surface area contributed by atoms with Crippen LogP contribution in [0.3, 0.4) is 0 Å². The average Bonchev–Trinajstić information content (AvgIpc) is 3.08. The number of pyridine rings is 1. The summed E-state index contributed by atoms with van der Waals surface area (Å²) in [4.78, 5) is 15.7. The molecule has 0 saturated carbocycles. The first-order valence-corrected chi connectivity index (χ1v) is 9.27. The van der Waals surface area contributed by atoms with Gasteiger partial charge >= 0.3 is 5.97 Å². The van der Waals surface area contributed by atoms with E-state index in [1.54, 1.807) is 47.0 Å². The molecule has 0 aliphatic heterocycles. The van der Waals surface area contributed by atoms with E-state index >= 15 is 0 Å². The molecule has 0 bridgehead atoms. The summed E-state index contributed by atoms with van der Waals surface area (Å²) < 4.78 is 20.6. The Kier molecular flexibility index (Phi) is 5.38. The molecule has 2 aromatic carbocycles. The molecule has 30 heavy (non-hydrogen) atoms. The summed E-state index contributed by atoms with van der Waals surface area (Å²) in [6.07, 6.45) is 1.70. The lowest BCUT2D eigenvalue weighted by Gasteiger charge is -2.05. The standard InChI is InChI=1S/C23H14ClFN2O3/c24-17-7-11-22-26-20(14-30-19-3-1-2-16(12-19)23(28)29)21(27(22)13-17)10-6-15-4-8-18(25)9-5-15/h1-5,7-9,11-13H,14H2,(H,28,29). The largest absolute Gasteiger partial charge is 0.487 e. The minimum Gasteiger partial charge on any atom is -0.487 e. The van der Waals surface area contributed by atoms with E-state index in [4.69, 9.17) is 21.4 Å². The van der Waals surface area contributed by atoms with Gasteiger partial charge in [-0.25, -0.2) is 14.2 Å². The first-order valence-electron chi connectivity index (χ1n) is 8.90. The van der Waals surface area contributed by atoms with Gasteiger partial charge < -0.3 is 9.84 Å². The molecule has 4 rings (SSSR count). The maximum absolute atomic E-state index is 13.1. The van der Waals surface area contributed by atoms with Crippen LogP contribution in [-0.2, 0) is 6.61 Å². The second-order valence-electron chi connectivity index (χ2n) is 6.36. The number of nitrogens with zero attached hydrogens (tertiary/aromatic N) is 2. The minimum absolute atomic E-state index is 0.0792. The number of benzene rings is 2. The van der Waals surface area contributed by atoms with Gasteiger partial charge in [0.05, 0.1) is 10.6 Å².